The Morgan fingerprint density at radius 1 is 0.411 bits per heavy atom. The van der Waals surface area contributed by atoms with Crippen LogP contribution in [0, 0.1) is 0 Å². The summed E-state index contributed by atoms with van der Waals surface area (Å²) in [7, 11) is 0. The molecule has 8 aromatic carbocycles. The standard InChI is InChI=1S/C53H36N2O/c1-53(2)45-25-12-11-21-42(45)50-43(24-14-26-46(50)53)48-32-47(54-52(55-48)34-17-7-4-8-18-34)39-28-37(33-15-5-3-6-16-33)27-38(29-39)40-22-13-23-41-44-30-35-19-9-10-20-36(35)31-49(44)56-51(40)41/h3-32H,1-2H3. The number of furan rings is 1. The van der Waals surface area contributed by atoms with E-state index in [9.17, 15) is 0 Å². The second-order valence-corrected chi connectivity index (χ2v) is 15.4. The largest absolute Gasteiger partial charge is 0.455 e. The number of hydrogen-bond acceptors (Lipinski definition) is 3. The Morgan fingerprint density at radius 3 is 1.84 bits per heavy atom. The van der Waals surface area contributed by atoms with Crippen LogP contribution in [0.5, 0.6) is 0 Å². The number of para-hydroxylation sites is 1. The zero-order valence-corrected chi connectivity index (χ0v) is 31.1. The molecule has 3 nitrogen and oxygen atoms in total. The average Bonchev–Trinajstić information content (AvgIpc) is 3.74. The first kappa shape index (κ1) is 32.3. The van der Waals surface area contributed by atoms with Crippen LogP contribution in [0.25, 0.3) is 100.0 Å². The van der Waals surface area contributed by atoms with Crippen LogP contribution in [0.1, 0.15) is 25.0 Å². The third kappa shape index (κ3) is 5.12. The molecule has 10 aromatic rings. The molecule has 0 saturated heterocycles. The number of fused-ring (bicyclic) bond motifs is 7. The zero-order chi connectivity index (χ0) is 37.4. The molecule has 3 heteroatoms. The van der Waals surface area contributed by atoms with Gasteiger partial charge in [0, 0.05) is 38.4 Å². The lowest BCUT2D eigenvalue weighted by Crippen LogP contribution is -2.14. The van der Waals surface area contributed by atoms with Gasteiger partial charge in [-0.05, 0) is 86.1 Å². The molecule has 11 rings (SSSR count). The van der Waals surface area contributed by atoms with Gasteiger partial charge in [0.05, 0.1) is 11.4 Å². The van der Waals surface area contributed by atoms with E-state index >= 15 is 0 Å². The monoisotopic (exact) mass is 716 g/mol. The normalized spacial score (nSPS) is 13.0. The second kappa shape index (κ2) is 12.5. The van der Waals surface area contributed by atoms with Crippen molar-refractivity contribution in [2.75, 3.05) is 0 Å². The van der Waals surface area contributed by atoms with Gasteiger partial charge >= 0.3 is 0 Å². The van der Waals surface area contributed by atoms with Gasteiger partial charge in [-0.15, -0.1) is 0 Å². The number of rotatable bonds is 5. The number of aromatic nitrogens is 2. The molecular formula is C53H36N2O. The second-order valence-electron chi connectivity index (χ2n) is 15.4. The summed E-state index contributed by atoms with van der Waals surface area (Å²) in [6.07, 6.45) is 0. The van der Waals surface area contributed by atoms with Crippen LogP contribution in [0.4, 0.5) is 0 Å². The molecule has 0 bridgehead atoms. The van der Waals surface area contributed by atoms with E-state index in [0.717, 1.165) is 72.3 Å². The Bertz CT molecular complexity index is 3160. The minimum absolute atomic E-state index is 0.122. The fourth-order valence-electron chi connectivity index (χ4n) is 8.86. The molecule has 0 saturated carbocycles. The third-order valence-corrected chi connectivity index (χ3v) is 11.7. The van der Waals surface area contributed by atoms with Crippen LogP contribution in [-0.4, -0.2) is 9.97 Å². The number of hydrogen-bond donors (Lipinski definition) is 0. The summed E-state index contributed by atoms with van der Waals surface area (Å²) in [6, 6.07) is 64.7. The average molecular weight is 717 g/mol. The van der Waals surface area contributed by atoms with E-state index in [2.05, 4.69) is 190 Å². The van der Waals surface area contributed by atoms with Crippen molar-refractivity contribution in [3.05, 3.63) is 193 Å². The maximum atomic E-state index is 6.75. The van der Waals surface area contributed by atoms with Crippen molar-refractivity contribution in [1.29, 1.82) is 0 Å². The fourth-order valence-corrected chi connectivity index (χ4v) is 8.86. The van der Waals surface area contributed by atoms with E-state index in [4.69, 9.17) is 14.4 Å². The smallest absolute Gasteiger partial charge is 0.160 e. The molecule has 0 radical (unpaired) electrons. The molecule has 0 amide bonds. The van der Waals surface area contributed by atoms with Gasteiger partial charge in [-0.1, -0.05) is 159 Å². The zero-order valence-electron chi connectivity index (χ0n) is 31.1. The first-order chi connectivity index (χ1) is 27.5. The molecule has 2 aromatic heterocycles. The van der Waals surface area contributed by atoms with Crippen molar-refractivity contribution in [3.63, 3.8) is 0 Å². The predicted octanol–water partition coefficient (Wildman–Crippen LogP) is 14.2. The topological polar surface area (TPSA) is 38.9 Å². The van der Waals surface area contributed by atoms with Crippen LogP contribution in [0.2, 0.25) is 0 Å². The van der Waals surface area contributed by atoms with E-state index in [0.29, 0.717) is 5.82 Å². The molecule has 0 aliphatic heterocycles. The van der Waals surface area contributed by atoms with Crippen molar-refractivity contribution >= 4 is 32.7 Å². The molecule has 1 aliphatic rings. The molecule has 0 atom stereocenters. The quantitative estimate of drug-likeness (QED) is 0.178. The highest BCUT2D eigenvalue weighted by Crippen LogP contribution is 2.52. The number of benzene rings is 8. The molecule has 264 valence electrons. The summed E-state index contributed by atoms with van der Waals surface area (Å²) >= 11 is 0. The van der Waals surface area contributed by atoms with Crippen molar-refractivity contribution in [1.82, 2.24) is 9.97 Å². The molecule has 0 spiro atoms. The van der Waals surface area contributed by atoms with Crippen LogP contribution in [0.15, 0.2) is 186 Å². The van der Waals surface area contributed by atoms with Crippen LogP contribution in [-0.2, 0) is 5.41 Å². The van der Waals surface area contributed by atoms with Gasteiger partial charge in [0.2, 0.25) is 0 Å². The van der Waals surface area contributed by atoms with Gasteiger partial charge in [0.1, 0.15) is 11.2 Å². The molecule has 0 N–H and O–H groups in total. The van der Waals surface area contributed by atoms with E-state index in [1.165, 1.54) is 33.0 Å². The highest BCUT2D eigenvalue weighted by Gasteiger charge is 2.36. The summed E-state index contributed by atoms with van der Waals surface area (Å²) in [5.74, 6) is 0.694. The summed E-state index contributed by atoms with van der Waals surface area (Å²) in [5, 5.41) is 4.59. The van der Waals surface area contributed by atoms with Crippen molar-refractivity contribution in [2.45, 2.75) is 19.3 Å². The Labute approximate surface area is 325 Å². The lowest BCUT2D eigenvalue weighted by molar-refractivity contribution is 0.660. The molecule has 2 heterocycles. The van der Waals surface area contributed by atoms with Gasteiger partial charge in [0.15, 0.2) is 5.82 Å². The van der Waals surface area contributed by atoms with E-state index in [1.54, 1.807) is 0 Å². The fraction of sp³-hybridized carbons (Fsp3) is 0.0566. The van der Waals surface area contributed by atoms with Crippen LogP contribution >= 0.6 is 0 Å². The summed E-state index contributed by atoms with van der Waals surface area (Å²) < 4.78 is 6.75. The lowest BCUT2D eigenvalue weighted by atomic mass is 9.82. The third-order valence-electron chi connectivity index (χ3n) is 11.7. The van der Waals surface area contributed by atoms with E-state index < -0.39 is 0 Å². The van der Waals surface area contributed by atoms with Gasteiger partial charge in [-0.2, -0.15) is 0 Å². The van der Waals surface area contributed by atoms with Gasteiger partial charge < -0.3 is 4.42 Å². The first-order valence-electron chi connectivity index (χ1n) is 19.2. The number of nitrogens with zero attached hydrogens (tertiary/aromatic N) is 2. The maximum Gasteiger partial charge on any atom is 0.160 e. The molecule has 0 unspecified atom stereocenters. The summed E-state index contributed by atoms with van der Waals surface area (Å²) in [4.78, 5) is 10.7. The van der Waals surface area contributed by atoms with Gasteiger partial charge in [-0.3, -0.25) is 0 Å². The van der Waals surface area contributed by atoms with Crippen molar-refractivity contribution < 1.29 is 4.42 Å². The summed E-state index contributed by atoms with van der Waals surface area (Å²) in [6.45, 7) is 4.65. The Kier molecular flexibility index (Phi) is 7.20. The van der Waals surface area contributed by atoms with Crippen LogP contribution < -0.4 is 0 Å². The van der Waals surface area contributed by atoms with Gasteiger partial charge in [0.25, 0.3) is 0 Å². The highest BCUT2D eigenvalue weighted by atomic mass is 16.3. The minimum Gasteiger partial charge on any atom is -0.455 e. The Hall–Kier alpha value is -7.10. The lowest BCUT2D eigenvalue weighted by Gasteiger charge is -2.21. The molecular weight excluding hydrogens is 681 g/mol. The molecule has 0 fully saturated rings. The van der Waals surface area contributed by atoms with Crippen LogP contribution in [0.3, 0.4) is 0 Å². The Balaban J connectivity index is 1.16. The minimum atomic E-state index is -0.122. The molecule has 1 aliphatic carbocycles. The first-order valence-corrected chi connectivity index (χ1v) is 19.2. The highest BCUT2D eigenvalue weighted by molar-refractivity contribution is 6.13. The van der Waals surface area contributed by atoms with E-state index in [-0.39, 0.29) is 5.41 Å². The van der Waals surface area contributed by atoms with Crippen molar-refractivity contribution in [2.24, 2.45) is 0 Å². The maximum absolute atomic E-state index is 6.75. The predicted molar refractivity (Wildman–Crippen MR) is 232 cm³/mol. The summed E-state index contributed by atoms with van der Waals surface area (Å²) in [5.41, 5.74) is 16.0. The SMILES string of the molecule is CC1(C)c2ccccc2-c2c(-c3cc(-c4cc(-c5ccccc5)cc(-c5cccc6c5oc5cc7ccccc7cc56)c4)nc(-c4ccccc4)n3)cccc21. The molecule has 56 heavy (non-hydrogen) atoms. The Morgan fingerprint density at radius 2 is 1.02 bits per heavy atom. The van der Waals surface area contributed by atoms with E-state index in [1.807, 2.05) is 6.07 Å². The van der Waals surface area contributed by atoms with Gasteiger partial charge in [-0.25, -0.2) is 9.97 Å². The van der Waals surface area contributed by atoms with Crippen molar-refractivity contribution in [3.8, 4) is 67.3 Å².